The third kappa shape index (κ3) is 9.96. The minimum Gasteiger partial charge on any atom is -0.455 e. The predicted octanol–water partition coefficient (Wildman–Crippen LogP) is 6.82. The van der Waals surface area contributed by atoms with E-state index in [2.05, 4.69) is 52.0 Å². The third-order valence-electron chi connectivity index (χ3n) is 14.6. The zero-order chi connectivity index (χ0) is 48.2. The molecule has 4 heterocycles. The van der Waals surface area contributed by atoms with Crippen LogP contribution in [0.4, 0.5) is 10.9 Å². The van der Waals surface area contributed by atoms with Crippen molar-refractivity contribution in [2.24, 2.45) is 16.2 Å². The molecule has 0 radical (unpaired) electrons. The maximum atomic E-state index is 14.2. The number of aromatic nitrogens is 4. The average Bonchev–Trinajstić information content (AvgIpc) is 3.85. The molecule has 0 saturated heterocycles. The molecule has 2 aromatic carbocycles. The van der Waals surface area contributed by atoms with E-state index in [1.807, 2.05) is 75.5 Å². The van der Waals surface area contributed by atoms with Gasteiger partial charge in [0.05, 0.1) is 41.3 Å². The molecule has 1 aliphatic heterocycles. The molecular weight excluding hydrogens is 883 g/mol. The molecule has 3 aromatic heterocycles. The molecular formula is C52H67N7O8S. The first-order valence-corrected chi connectivity index (χ1v) is 24.9. The van der Waals surface area contributed by atoms with Crippen LogP contribution in [-0.2, 0) is 29.0 Å². The van der Waals surface area contributed by atoms with Crippen LogP contribution in [0.25, 0.3) is 21.3 Å². The van der Waals surface area contributed by atoms with Crippen molar-refractivity contribution < 1.29 is 39.5 Å². The molecule has 0 spiro atoms. The van der Waals surface area contributed by atoms with Crippen LogP contribution < -0.4 is 15.5 Å². The lowest BCUT2D eigenvalue weighted by Crippen LogP contribution is -2.64. The van der Waals surface area contributed by atoms with Crippen LogP contribution >= 0.6 is 11.3 Å². The van der Waals surface area contributed by atoms with Gasteiger partial charge in [0.15, 0.2) is 10.8 Å². The molecule has 6 N–H and O–H groups in total. The smallest absolute Gasteiger partial charge is 0.358 e. The predicted molar refractivity (Wildman–Crippen MR) is 262 cm³/mol. The van der Waals surface area contributed by atoms with Crippen LogP contribution in [-0.4, -0.2) is 114 Å². The van der Waals surface area contributed by atoms with E-state index in [0.29, 0.717) is 61.3 Å². The molecule has 5 atom stereocenters. The molecule has 4 fully saturated rings. The fraction of sp³-hybridized carbons (Fsp3) is 0.558. The summed E-state index contributed by atoms with van der Waals surface area (Å²) in [6.07, 6.45) is 5.11. The summed E-state index contributed by atoms with van der Waals surface area (Å²) >= 11 is 1.44. The fourth-order valence-corrected chi connectivity index (χ4v) is 13.9. The largest absolute Gasteiger partial charge is 0.455 e. The number of aliphatic hydroxyl groups excluding tert-OH is 4. The highest BCUT2D eigenvalue weighted by molar-refractivity contribution is 7.22. The van der Waals surface area contributed by atoms with Crippen molar-refractivity contribution in [2.45, 2.75) is 136 Å². The Morgan fingerprint density at radius 3 is 2.40 bits per heavy atom. The molecule has 2 unspecified atom stereocenters. The van der Waals surface area contributed by atoms with Gasteiger partial charge >= 0.3 is 5.97 Å². The number of esters is 1. The number of hydrogen-bond donors (Lipinski definition) is 6. The molecule has 4 aliphatic carbocycles. The Morgan fingerprint density at radius 2 is 1.66 bits per heavy atom. The lowest BCUT2D eigenvalue weighted by Gasteiger charge is -2.69. The van der Waals surface area contributed by atoms with Crippen LogP contribution in [0.1, 0.15) is 117 Å². The molecule has 68 heavy (non-hydrogen) atoms. The van der Waals surface area contributed by atoms with E-state index in [4.69, 9.17) is 24.7 Å². The molecule has 1 amide bonds. The lowest BCUT2D eigenvalue weighted by atomic mass is 9.39. The number of anilines is 2. The van der Waals surface area contributed by atoms with Crippen LogP contribution in [0.15, 0.2) is 60.8 Å². The first kappa shape index (κ1) is 48.2. The quantitative estimate of drug-likeness (QED) is 0.0419. The number of carbonyl (C=O) groups excluding carboxylic acids is 2. The Hall–Kier alpha value is -4.81. The van der Waals surface area contributed by atoms with E-state index in [9.17, 15) is 24.9 Å². The molecule has 4 bridgehead atoms. The molecule has 5 aromatic rings. The first-order valence-electron chi connectivity index (χ1n) is 24.1. The van der Waals surface area contributed by atoms with Crippen LogP contribution in [0.3, 0.4) is 0 Å². The van der Waals surface area contributed by atoms with Gasteiger partial charge in [-0.25, -0.2) is 14.8 Å². The van der Waals surface area contributed by atoms with E-state index in [1.54, 1.807) is 0 Å². The number of hydrogen-bond acceptors (Lipinski definition) is 14. The summed E-state index contributed by atoms with van der Waals surface area (Å²) in [6.45, 7) is 15.2. The number of carbonyl (C=O) groups is 2. The normalized spacial score (nSPS) is 25.6. The van der Waals surface area contributed by atoms with Crippen molar-refractivity contribution >= 4 is 44.4 Å². The van der Waals surface area contributed by atoms with E-state index >= 15 is 0 Å². The molecule has 364 valence electrons. The standard InChI is InChI=1S/C52H67N7O8S/c1-32-36(22-54-59(32)31-51-26-49(5)25-50(6,27-51)29-52(28-49,30-51)66-21-19-53-18-16-39(61)44(63)40(62)24-60)34-14-15-42(56-43(34)46(65)67-48(2,3)4)58-20-17-33-10-9-11-35(37(33)23-58)45(64)57-47-55-38-12-7-8-13-41(38)68-47/h7-15,22,39-40,44,53,60-63H,16-21,23-31H2,1-6H3,(H,55,57,64)/t39-,40-,44+,49?,50?,51?,52?/m1/s1. The number of nitrogens with zero attached hydrogens (tertiary/aromatic N) is 5. The number of amides is 1. The number of ether oxygens (including phenoxy) is 2. The zero-order valence-electron chi connectivity index (χ0n) is 40.2. The van der Waals surface area contributed by atoms with Gasteiger partial charge in [0.2, 0.25) is 0 Å². The van der Waals surface area contributed by atoms with E-state index < -0.39 is 36.5 Å². The van der Waals surface area contributed by atoms with Gasteiger partial charge in [0, 0.05) is 48.6 Å². The zero-order valence-corrected chi connectivity index (χ0v) is 41.0. The number of pyridine rings is 1. The Balaban J connectivity index is 0.928. The minimum atomic E-state index is -1.40. The summed E-state index contributed by atoms with van der Waals surface area (Å²) in [5.41, 5.74) is 5.26. The number of fused-ring (bicyclic) bond motifs is 2. The van der Waals surface area contributed by atoms with Crippen molar-refractivity contribution in [3.63, 3.8) is 0 Å². The van der Waals surface area contributed by atoms with Gasteiger partial charge in [-0.1, -0.05) is 49.4 Å². The Bertz CT molecular complexity index is 2630. The fourth-order valence-electron chi connectivity index (χ4n) is 13.0. The second kappa shape index (κ2) is 18.5. The summed E-state index contributed by atoms with van der Waals surface area (Å²) in [6, 6.07) is 17.6. The van der Waals surface area contributed by atoms with Crippen molar-refractivity contribution in [2.75, 3.05) is 43.1 Å². The molecule has 15 nitrogen and oxygen atoms in total. The van der Waals surface area contributed by atoms with E-state index in [1.165, 1.54) is 11.3 Å². The van der Waals surface area contributed by atoms with E-state index in [0.717, 1.165) is 77.7 Å². The number of aliphatic hydroxyl groups is 4. The summed E-state index contributed by atoms with van der Waals surface area (Å²) in [5.74, 6) is -0.109. The first-order chi connectivity index (χ1) is 32.3. The Morgan fingerprint density at radius 1 is 0.897 bits per heavy atom. The maximum absolute atomic E-state index is 14.2. The van der Waals surface area contributed by atoms with E-state index in [-0.39, 0.29) is 39.9 Å². The van der Waals surface area contributed by atoms with Gasteiger partial charge in [-0.15, -0.1) is 0 Å². The van der Waals surface area contributed by atoms with Crippen LogP contribution in [0, 0.1) is 23.2 Å². The van der Waals surface area contributed by atoms with Gasteiger partial charge in [0.1, 0.15) is 23.6 Å². The average molecular weight is 950 g/mol. The van der Waals surface area contributed by atoms with Crippen LogP contribution in [0.5, 0.6) is 0 Å². The highest BCUT2D eigenvalue weighted by atomic mass is 32.1. The van der Waals surface area contributed by atoms with Gasteiger partial charge in [-0.2, -0.15) is 5.10 Å². The Labute approximate surface area is 402 Å². The number of benzene rings is 2. The summed E-state index contributed by atoms with van der Waals surface area (Å²) < 4.78 is 16.0. The molecule has 4 saturated carbocycles. The van der Waals surface area contributed by atoms with Gasteiger partial charge in [-0.05, 0) is 143 Å². The maximum Gasteiger partial charge on any atom is 0.358 e. The SMILES string of the molecule is Cc1c(-c2ccc(N3CCc4cccc(C(=O)Nc5nc6ccccc6s5)c4C3)nc2C(=O)OC(C)(C)C)cnn1CC12CC3(C)CC(C)(C1)CC(OCCNCC[C@@H](O)[C@H](O)[C@H](O)CO)(C3)C2. The summed E-state index contributed by atoms with van der Waals surface area (Å²) in [7, 11) is 0. The highest BCUT2D eigenvalue weighted by Gasteiger charge is 2.66. The van der Waals surface area contributed by atoms with Crippen molar-refractivity contribution in [3.05, 3.63) is 88.9 Å². The third-order valence-corrected chi connectivity index (χ3v) is 15.6. The molecule has 10 rings (SSSR count). The lowest BCUT2D eigenvalue weighted by molar-refractivity contribution is -0.247. The number of rotatable bonds is 17. The summed E-state index contributed by atoms with van der Waals surface area (Å²) in [4.78, 5) is 39.8. The van der Waals surface area contributed by atoms with Gasteiger partial charge < -0.3 is 40.1 Å². The second-order valence-electron chi connectivity index (χ2n) is 22.0. The monoisotopic (exact) mass is 949 g/mol. The summed E-state index contributed by atoms with van der Waals surface area (Å²) in [5, 5.41) is 50.9. The number of nitrogens with one attached hydrogen (secondary N) is 2. The topological polar surface area (TPSA) is 204 Å². The minimum absolute atomic E-state index is 0.0433. The second-order valence-corrected chi connectivity index (χ2v) is 23.0. The molecule has 5 aliphatic rings. The van der Waals surface area contributed by atoms with Gasteiger partial charge in [0.25, 0.3) is 5.91 Å². The number of para-hydroxylation sites is 1. The highest BCUT2D eigenvalue weighted by Crippen LogP contribution is 2.72. The molecule has 16 heteroatoms. The van der Waals surface area contributed by atoms with Crippen molar-refractivity contribution in [1.82, 2.24) is 25.1 Å². The Kier molecular flexibility index (Phi) is 13.1. The van der Waals surface area contributed by atoms with Gasteiger partial charge in [-0.3, -0.25) is 14.8 Å². The number of thiazole rings is 1. The van der Waals surface area contributed by atoms with Crippen molar-refractivity contribution in [3.8, 4) is 11.1 Å². The van der Waals surface area contributed by atoms with Crippen LogP contribution in [0.2, 0.25) is 0 Å². The van der Waals surface area contributed by atoms with Crippen molar-refractivity contribution in [1.29, 1.82) is 0 Å².